The Bertz CT molecular complexity index is 1600. The van der Waals surface area contributed by atoms with Gasteiger partial charge >= 0.3 is 18.1 Å². The van der Waals surface area contributed by atoms with Crippen molar-refractivity contribution in [3.05, 3.63) is 95.6 Å². The number of benzene rings is 3. The summed E-state index contributed by atoms with van der Waals surface area (Å²) in [5.74, 6) is -7.54. The third kappa shape index (κ3) is 6.50. The SMILES string of the molecule is CCOC(=O)[C@@]1(Cc2ccc(O)cc2)[NH2+][C@@H](c2ccccc2)[C@H]2C(=O)N(c3ccc(C(=O)O)cc3)C(=O)[C@H]21.O=C([O-])C(F)(F)F. The predicted octanol–water partition coefficient (Wildman–Crippen LogP) is 1.36. The minimum Gasteiger partial charge on any atom is -0.542 e. The molecule has 2 heterocycles. The fourth-order valence-electron chi connectivity index (χ4n) is 5.76. The van der Waals surface area contributed by atoms with Gasteiger partial charge in [-0.3, -0.25) is 9.59 Å². The molecule has 2 saturated heterocycles. The molecule has 0 spiro atoms. The van der Waals surface area contributed by atoms with Crippen LogP contribution in [-0.2, 0) is 30.3 Å². The number of quaternary nitrogens is 1. The van der Waals surface area contributed by atoms with E-state index in [-0.39, 0.29) is 30.0 Å². The maximum Gasteiger partial charge on any atom is 0.430 e. The largest absolute Gasteiger partial charge is 0.542 e. The summed E-state index contributed by atoms with van der Waals surface area (Å²) < 4.78 is 37.1. The highest BCUT2D eigenvalue weighted by Gasteiger charge is 2.72. The second-order valence-electron chi connectivity index (χ2n) is 10.4. The van der Waals surface area contributed by atoms with E-state index in [4.69, 9.17) is 14.6 Å². The molecule has 0 aliphatic carbocycles. The van der Waals surface area contributed by atoms with Crippen LogP contribution in [0.1, 0.15) is 34.5 Å². The lowest BCUT2D eigenvalue weighted by atomic mass is 9.76. The average Bonchev–Trinajstić information content (AvgIpc) is 3.48. The Morgan fingerprint density at radius 1 is 0.956 bits per heavy atom. The van der Waals surface area contributed by atoms with Crippen LogP contribution in [-0.4, -0.2) is 58.3 Å². The normalized spacial score (nSPS) is 22.3. The zero-order chi connectivity index (χ0) is 33.1. The van der Waals surface area contributed by atoms with Gasteiger partial charge < -0.3 is 30.2 Å². The number of fused-ring (bicyclic) bond motifs is 1. The number of carboxylic acids is 2. The molecule has 4 atom stereocenters. The number of aliphatic carboxylic acids is 1. The van der Waals surface area contributed by atoms with Gasteiger partial charge in [-0.1, -0.05) is 42.5 Å². The summed E-state index contributed by atoms with van der Waals surface area (Å²) in [4.78, 5) is 62.9. The summed E-state index contributed by atoms with van der Waals surface area (Å²) >= 11 is 0. The van der Waals surface area contributed by atoms with Crippen molar-refractivity contribution in [3.8, 4) is 5.75 Å². The van der Waals surface area contributed by atoms with E-state index in [9.17, 15) is 42.6 Å². The van der Waals surface area contributed by atoms with Crippen LogP contribution in [0.25, 0.3) is 0 Å². The van der Waals surface area contributed by atoms with E-state index >= 15 is 0 Å². The summed E-state index contributed by atoms with van der Waals surface area (Å²) in [5.41, 5.74) is 0.318. The molecule has 14 heteroatoms. The van der Waals surface area contributed by atoms with Gasteiger partial charge in [-0.2, -0.15) is 13.2 Å². The Balaban J connectivity index is 0.000000591. The van der Waals surface area contributed by atoms with Gasteiger partial charge in [0.25, 0.3) is 0 Å². The van der Waals surface area contributed by atoms with Gasteiger partial charge in [0.2, 0.25) is 17.4 Å². The molecule has 2 fully saturated rings. The number of aromatic hydroxyl groups is 1. The Morgan fingerprint density at radius 2 is 1.53 bits per heavy atom. The summed E-state index contributed by atoms with van der Waals surface area (Å²) in [6, 6.07) is 20.6. The van der Waals surface area contributed by atoms with Crippen LogP contribution < -0.4 is 15.3 Å². The molecule has 11 nitrogen and oxygen atoms in total. The smallest absolute Gasteiger partial charge is 0.430 e. The van der Waals surface area contributed by atoms with E-state index in [1.54, 1.807) is 24.4 Å². The Kier molecular flexibility index (Phi) is 9.28. The van der Waals surface area contributed by atoms with E-state index in [2.05, 4.69) is 0 Å². The van der Waals surface area contributed by atoms with Crippen LogP contribution in [0.2, 0.25) is 0 Å². The Morgan fingerprint density at radius 3 is 2.04 bits per heavy atom. The minimum absolute atomic E-state index is 0.0248. The quantitative estimate of drug-likeness (QED) is 0.257. The highest BCUT2D eigenvalue weighted by atomic mass is 19.4. The number of nitrogens with two attached hydrogens (primary N) is 1. The van der Waals surface area contributed by atoms with Crippen LogP contribution in [0.15, 0.2) is 78.9 Å². The summed E-state index contributed by atoms with van der Waals surface area (Å²) in [7, 11) is 0. The van der Waals surface area contributed by atoms with Crippen LogP contribution in [0.3, 0.4) is 0 Å². The van der Waals surface area contributed by atoms with Crippen LogP contribution in [0, 0.1) is 11.8 Å². The molecule has 5 rings (SSSR count). The fraction of sp³-hybridized carbons (Fsp3) is 0.258. The summed E-state index contributed by atoms with van der Waals surface area (Å²) in [6.45, 7) is 1.78. The van der Waals surface area contributed by atoms with Gasteiger partial charge in [0.1, 0.15) is 29.6 Å². The van der Waals surface area contributed by atoms with Crippen molar-refractivity contribution < 1.29 is 62.5 Å². The molecule has 2 amide bonds. The van der Waals surface area contributed by atoms with Crippen molar-refractivity contribution in [2.45, 2.75) is 31.1 Å². The molecular formula is C31H27F3N2O9. The molecule has 0 radical (unpaired) electrons. The number of hydrogen-bond acceptors (Lipinski definition) is 8. The van der Waals surface area contributed by atoms with Gasteiger partial charge in [-0.05, 0) is 48.9 Å². The highest BCUT2D eigenvalue weighted by molar-refractivity contribution is 6.24. The predicted molar refractivity (Wildman–Crippen MR) is 146 cm³/mol. The number of halogens is 3. The lowest BCUT2D eigenvalue weighted by Gasteiger charge is -2.30. The number of amides is 2. The number of esters is 1. The minimum atomic E-state index is -5.19. The standard InChI is InChI=1S/C29H26N2O7.C2HF3O2/c1-2-38-28(37)29(16-17-8-14-21(32)15-9-17)23-22(24(30-29)18-6-4-3-5-7-18)25(33)31(26(23)34)20-12-10-19(11-13-20)27(35)36;3-2(4,5)1(6)7/h3-15,22-24,30,32H,2,16H2,1H3,(H,35,36);(H,6,7)/t22-,23-,24-,29-;/m0./s1. The third-order valence-electron chi connectivity index (χ3n) is 7.65. The van der Waals surface area contributed by atoms with Gasteiger partial charge in [0.05, 0.1) is 17.9 Å². The number of carbonyl (C=O) groups is 5. The van der Waals surface area contributed by atoms with Crippen LogP contribution in [0.4, 0.5) is 18.9 Å². The van der Waals surface area contributed by atoms with Gasteiger partial charge in [0.15, 0.2) is 0 Å². The first kappa shape index (κ1) is 32.7. The van der Waals surface area contributed by atoms with Crippen LogP contribution >= 0.6 is 0 Å². The van der Waals surface area contributed by atoms with E-state index in [1.807, 2.05) is 30.3 Å². The molecule has 236 valence electrons. The second kappa shape index (κ2) is 12.8. The first-order valence-corrected chi connectivity index (χ1v) is 13.6. The number of hydrogen-bond donors (Lipinski definition) is 3. The number of imide groups is 1. The van der Waals surface area contributed by atoms with Crippen molar-refractivity contribution in [3.63, 3.8) is 0 Å². The number of ether oxygens (including phenoxy) is 1. The van der Waals surface area contributed by atoms with E-state index < -0.39 is 59.3 Å². The van der Waals surface area contributed by atoms with E-state index in [0.29, 0.717) is 5.56 Å². The van der Waals surface area contributed by atoms with Gasteiger partial charge in [0, 0.05) is 12.0 Å². The molecular weight excluding hydrogens is 601 g/mol. The molecule has 3 aromatic rings. The monoisotopic (exact) mass is 628 g/mol. The number of carboxylic acid groups (broad SMARTS) is 2. The van der Waals surface area contributed by atoms with Crippen molar-refractivity contribution in [1.82, 2.24) is 0 Å². The van der Waals surface area contributed by atoms with Crippen molar-refractivity contribution >= 4 is 35.4 Å². The molecule has 45 heavy (non-hydrogen) atoms. The number of rotatable bonds is 7. The lowest BCUT2D eigenvalue weighted by molar-refractivity contribution is -0.734. The number of alkyl halides is 3. The average molecular weight is 629 g/mol. The number of phenols is 1. The maximum absolute atomic E-state index is 14.1. The van der Waals surface area contributed by atoms with Crippen molar-refractivity contribution in [1.29, 1.82) is 0 Å². The summed E-state index contributed by atoms with van der Waals surface area (Å²) in [6.07, 6.45) is -5.10. The molecule has 0 unspecified atom stereocenters. The Hall–Kier alpha value is -5.24. The van der Waals surface area contributed by atoms with E-state index in [0.717, 1.165) is 10.5 Å². The molecule has 0 saturated carbocycles. The van der Waals surface area contributed by atoms with Crippen LogP contribution in [0.5, 0.6) is 5.75 Å². The first-order chi connectivity index (χ1) is 21.2. The Labute approximate surface area is 253 Å². The van der Waals surface area contributed by atoms with E-state index in [1.165, 1.54) is 36.4 Å². The first-order valence-electron chi connectivity index (χ1n) is 13.6. The second-order valence-corrected chi connectivity index (χ2v) is 10.4. The molecule has 4 N–H and O–H groups in total. The molecule has 2 aliphatic heterocycles. The molecule has 0 bridgehead atoms. The lowest BCUT2D eigenvalue weighted by Crippen LogP contribution is -2.98. The number of anilines is 1. The fourth-order valence-corrected chi connectivity index (χ4v) is 5.76. The van der Waals surface area contributed by atoms with Crippen molar-refractivity contribution in [2.75, 3.05) is 11.5 Å². The number of nitrogens with zero attached hydrogens (tertiary/aromatic N) is 1. The van der Waals surface area contributed by atoms with Gasteiger partial charge in [-0.15, -0.1) is 0 Å². The molecule has 3 aromatic carbocycles. The zero-order valence-corrected chi connectivity index (χ0v) is 23.6. The highest BCUT2D eigenvalue weighted by Crippen LogP contribution is 2.47. The van der Waals surface area contributed by atoms with Gasteiger partial charge in [-0.25, -0.2) is 14.5 Å². The third-order valence-corrected chi connectivity index (χ3v) is 7.65. The topological polar surface area (TPSA) is 178 Å². The van der Waals surface area contributed by atoms with Crippen molar-refractivity contribution in [2.24, 2.45) is 11.8 Å². The molecule has 2 aliphatic rings. The summed E-state index contributed by atoms with van der Waals surface area (Å²) in [5, 5.41) is 29.6. The zero-order valence-electron chi connectivity index (χ0n) is 23.6. The number of carbonyl (C=O) groups excluding carboxylic acids is 4. The maximum atomic E-state index is 14.1. The molecule has 0 aromatic heterocycles. The number of aromatic carboxylic acids is 1. The number of phenolic OH excluding ortho intramolecular Hbond substituents is 1.